The van der Waals surface area contributed by atoms with Crippen LogP contribution in [0.2, 0.25) is 0 Å². The molecule has 0 fully saturated rings. The van der Waals surface area contributed by atoms with Crippen LogP contribution in [0.1, 0.15) is 16.8 Å². The van der Waals surface area contributed by atoms with Crippen LogP contribution in [0.4, 0.5) is 11.4 Å². The van der Waals surface area contributed by atoms with Crippen LogP contribution in [0.15, 0.2) is 76.3 Å². The van der Waals surface area contributed by atoms with Crippen LogP contribution < -0.4 is 9.62 Å². The number of sulfonamides is 1. The van der Waals surface area contributed by atoms with Gasteiger partial charge in [0.1, 0.15) is 4.21 Å². The maximum absolute atomic E-state index is 12.7. The number of thiophene rings is 1. The topological polar surface area (TPSA) is 117 Å². The Morgan fingerprint density at radius 1 is 1.03 bits per heavy atom. The minimum Gasteiger partial charge on any atom is -0.452 e. The maximum Gasteiger partial charge on any atom is 0.340 e. The summed E-state index contributed by atoms with van der Waals surface area (Å²) in [5.41, 5.74) is 0.597. The molecule has 0 saturated carbocycles. The first kappa shape index (κ1) is 23.0. The van der Waals surface area contributed by atoms with Gasteiger partial charge in [-0.2, -0.15) is 5.26 Å². The number of ether oxygens (including phenoxy) is 1. The number of nitrogens with one attached hydrogen (secondary N) is 1. The summed E-state index contributed by atoms with van der Waals surface area (Å²) in [6.45, 7) is -0.417. The van der Waals surface area contributed by atoms with Gasteiger partial charge in [0.2, 0.25) is 0 Å². The molecule has 0 aliphatic rings. The second-order valence-corrected chi connectivity index (χ2v) is 9.31. The van der Waals surface area contributed by atoms with E-state index in [0.717, 1.165) is 11.3 Å². The molecule has 3 rings (SSSR count). The number of anilines is 2. The number of esters is 1. The molecule has 1 amide bonds. The van der Waals surface area contributed by atoms with E-state index in [9.17, 15) is 18.0 Å². The summed E-state index contributed by atoms with van der Waals surface area (Å²) in [4.78, 5) is 26.7. The summed E-state index contributed by atoms with van der Waals surface area (Å²) < 4.78 is 32.7. The minimum atomic E-state index is -3.86. The van der Waals surface area contributed by atoms with E-state index in [1.165, 1.54) is 23.1 Å². The number of benzene rings is 2. The maximum atomic E-state index is 12.7. The Morgan fingerprint density at radius 3 is 2.44 bits per heavy atom. The van der Waals surface area contributed by atoms with Gasteiger partial charge in [0, 0.05) is 12.2 Å². The summed E-state index contributed by atoms with van der Waals surface area (Å²) in [7, 11) is -3.86. The average molecular weight is 470 g/mol. The number of hydrogen-bond acceptors (Lipinski definition) is 7. The molecule has 1 N–H and O–H groups in total. The zero-order valence-electron chi connectivity index (χ0n) is 16.8. The first-order valence-corrected chi connectivity index (χ1v) is 11.8. The van der Waals surface area contributed by atoms with E-state index in [4.69, 9.17) is 10.00 Å². The van der Waals surface area contributed by atoms with E-state index in [1.54, 1.807) is 53.9 Å². The highest BCUT2D eigenvalue weighted by Crippen LogP contribution is 2.23. The van der Waals surface area contributed by atoms with Gasteiger partial charge < -0.3 is 9.64 Å². The summed E-state index contributed by atoms with van der Waals surface area (Å²) in [5, 5.41) is 10.5. The van der Waals surface area contributed by atoms with Gasteiger partial charge in [-0.05, 0) is 35.7 Å². The lowest BCUT2D eigenvalue weighted by Crippen LogP contribution is -2.35. The Hall–Kier alpha value is -3.68. The second kappa shape index (κ2) is 10.6. The third kappa shape index (κ3) is 5.72. The van der Waals surface area contributed by atoms with Crippen molar-refractivity contribution in [1.82, 2.24) is 0 Å². The molecule has 1 heterocycles. The van der Waals surface area contributed by atoms with E-state index in [1.807, 2.05) is 6.07 Å². The Bertz CT molecular complexity index is 1220. The lowest BCUT2D eigenvalue weighted by atomic mass is 10.2. The van der Waals surface area contributed by atoms with Crippen molar-refractivity contribution in [2.45, 2.75) is 10.6 Å². The highest BCUT2D eigenvalue weighted by atomic mass is 32.2. The average Bonchev–Trinajstić information content (AvgIpc) is 3.35. The van der Waals surface area contributed by atoms with E-state index in [-0.39, 0.29) is 28.4 Å². The molecular weight excluding hydrogens is 450 g/mol. The summed E-state index contributed by atoms with van der Waals surface area (Å²) in [6, 6.07) is 19.8. The van der Waals surface area contributed by atoms with Gasteiger partial charge >= 0.3 is 5.97 Å². The molecule has 32 heavy (non-hydrogen) atoms. The molecule has 8 nitrogen and oxygen atoms in total. The van der Waals surface area contributed by atoms with Crippen molar-refractivity contribution in [1.29, 1.82) is 5.26 Å². The fraction of sp³-hybridized carbons (Fsp3) is 0.136. The van der Waals surface area contributed by atoms with Crippen LogP contribution >= 0.6 is 11.3 Å². The molecule has 10 heteroatoms. The monoisotopic (exact) mass is 469 g/mol. The summed E-state index contributed by atoms with van der Waals surface area (Å²) in [5.74, 6) is -1.35. The number of carbonyl (C=O) groups excluding carboxylic acids is 2. The van der Waals surface area contributed by atoms with Crippen LogP contribution in [0.3, 0.4) is 0 Å². The molecule has 0 aliphatic carbocycles. The van der Waals surface area contributed by atoms with Crippen molar-refractivity contribution in [3.63, 3.8) is 0 Å². The van der Waals surface area contributed by atoms with Gasteiger partial charge in [0.05, 0.1) is 23.7 Å². The molecule has 3 aromatic rings. The van der Waals surface area contributed by atoms with E-state index >= 15 is 0 Å². The molecule has 0 unspecified atom stereocenters. The molecule has 0 saturated heterocycles. The zero-order valence-corrected chi connectivity index (χ0v) is 18.4. The van der Waals surface area contributed by atoms with Gasteiger partial charge in [0.15, 0.2) is 6.61 Å². The third-order valence-corrected chi connectivity index (χ3v) is 7.06. The van der Waals surface area contributed by atoms with Gasteiger partial charge in [-0.3, -0.25) is 9.52 Å². The van der Waals surface area contributed by atoms with E-state index in [2.05, 4.69) is 4.72 Å². The fourth-order valence-corrected chi connectivity index (χ4v) is 4.88. The van der Waals surface area contributed by atoms with Gasteiger partial charge in [-0.15, -0.1) is 11.3 Å². The first-order valence-electron chi connectivity index (χ1n) is 9.47. The summed E-state index contributed by atoms with van der Waals surface area (Å²) >= 11 is 1.05. The number of amides is 1. The molecule has 164 valence electrons. The van der Waals surface area contributed by atoms with Crippen LogP contribution in [0.5, 0.6) is 0 Å². The van der Waals surface area contributed by atoms with Crippen LogP contribution in [-0.4, -0.2) is 33.4 Å². The van der Waals surface area contributed by atoms with E-state index < -0.39 is 28.5 Å². The molecule has 1 aromatic heterocycles. The minimum absolute atomic E-state index is 0.0243. The lowest BCUT2D eigenvalue weighted by molar-refractivity contribution is -0.121. The highest BCUT2D eigenvalue weighted by Gasteiger charge is 2.22. The van der Waals surface area contributed by atoms with Gasteiger partial charge in [-0.25, -0.2) is 13.2 Å². The highest BCUT2D eigenvalue weighted by molar-refractivity contribution is 7.94. The molecular formula is C22H19N3O5S2. The van der Waals surface area contributed by atoms with Crippen molar-refractivity contribution in [3.05, 3.63) is 77.7 Å². The lowest BCUT2D eigenvalue weighted by Gasteiger charge is -2.21. The van der Waals surface area contributed by atoms with Gasteiger partial charge in [0.25, 0.3) is 15.9 Å². The Morgan fingerprint density at radius 2 is 1.75 bits per heavy atom. The Balaban J connectivity index is 1.72. The first-order chi connectivity index (χ1) is 15.4. The number of nitriles is 1. The number of rotatable bonds is 9. The van der Waals surface area contributed by atoms with Crippen molar-refractivity contribution >= 4 is 44.6 Å². The van der Waals surface area contributed by atoms with Crippen LogP contribution in [0, 0.1) is 11.3 Å². The standard InChI is InChI=1S/C22H19N3O5S2/c23-13-7-14-25(17-8-2-1-3-9-17)20(26)16-30-22(27)18-10-4-5-11-19(18)24-32(28,29)21-12-6-15-31-21/h1-6,8-12,15,24H,7,14,16H2. The Labute approximate surface area is 189 Å². The fourth-order valence-electron chi connectivity index (χ4n) is 2.81. The van der Waals surface area contributed by atoms with Crippen molar-refractivity contribution in [2.24, 2.45) is 0 Å². The van der Waals surface area contributed by atoms with Crippen molar-refractivity contribution < 1.29 is 22.7 Å². The third-order valence-electron chi connectivity index (χ3n) is 4.29. The Kier molecular flexibility index (Phi) is 7.59. The van der Waals surface area contributed by atoms with E-state index in [0.29, 0.717) is 5.69 Å². The summed E-state index contributed by atoms with van der Waals surface area (Å²) in [6.07, 6.45) is 0.113. The normalized spacial score (nSPS) is 10.7. The quantitative estimate of drug-likeness (QED) is 0.478. The molecule has 0 bridgehead atoms. The predicted molar refractivity (Wildman–Crippen MR) is 121 cm³/mol. The SMILES string of the molecule is N#CCCN(C(=O)COC(=O)c1ccccc1NS(=O)(=O)c1cccs1)c1ccccc1. The number of para-hydroxylation sites is 2. The van der Waals surface area contributed by atoms with Crippen molar-refractivity contribution in [3.8, 4) is 6.07 Å². The number of carbonyl (C=O) groups is 2. The molecule has 0 radical (unpaired) electrons. The van der Waals surface area contributed by atoms with Crippen LogP contribution in [0.25, 0.3) is 0 Å². The predicted octanol–water partition coefficient (Wildman–Crippen LogP) is 3.65. The molecule has 0 aliphatic heterocycles. The molecule has 0 spiro atoms. The number of hydrogen-bond donors (Lipinski definition) is 1. The zero-order chi connectivity index (χ0) is 23.0. The van der Waals surface area contributed by atoms with Crippen molar-refractivity contribution in [2.75, 3.05) is 22.8 Å². The van der Waals surface area contributed by atoms with Crippen LogP contribution in [-0.2, 0) is 19.6 Å². The number of nitrogens with zero attached hydrogens (tertiary/aromatic N) is 2. The second-order valence-electron chi connectivity index (χ2n) is 6.45. The largest absolute Gasteiger partial charge is 0.452 e. The molecule has 2 aromatic carbocycles. The smallest absolute Gasteiger partial charge is 0.340 e. The molecule has 0 atom stereocenters. The van der Waals surface area contributed by atoms with Gasteiger partial charge in [-0.1, -0.05) is 36.4 Å².